The second-order valence-electron chi connectivity index (χ2n) is 4.48. The Kier molecular flexibility index (Phi) is 2.85. The number of benzene rings is 1. The van der Waals surface area contributed by atoms with E-state index in [1.807, 2.05) is 24.3 Å². The van der Waals surface area contributed by atoms with E-state index in [0.29, 0.717) is 11.2 Å². The first-order valence-corrected chi connectivity index (χ1v) is 6.39. The lowest BCUT2D eigenvalue weighted by atomic mass is 10.2. The molecule has 0 atom stereocenters. The monoisotopic (exact) mass is 247 g/mol. The molecule has 1 aromatic heterocycles. The Morgan fingerprint density at radius 3 is 2.41 bits per heavy atom. The second-order valence-corrected chi connectivity index (χ2v) is 4.84. The molecule has 1 N–H and O–H groups in total. The SMILES string of the molecule is Clc1nc2ccccc2nc1NC1CCCC1. The van der Waals surface area contributed by atoms with E-state index in [4.69, 9.17) is 11.6 Å². The number of fused-ring (bicyclic) bond motifs is 1. The molecule has 1 aromatic carbocycles. The predicted octanol–water partition coefficient (Wildman–Crippen LogP) is 3.64. The zero-order valence-electron chi connectivity index (χ0n) is 9.49. The quantitative estimate of drug-likeness (QED) is 0.881. The van der Waals surface area contributed by atoms with Crippen LogP contribution >= 0.6 is 11.6 Å². The van der Waals surface area contributed by atoms with Crippen LogP contribution < -0.4 is 5.32 Å². The zero-order chi connectivity index (χ0) is 11.7. The summed E-state index contributed by atoms with van der Waals surface area (Å²) in [6.45, 7) is 0. The van der Waals surface area contributed by atoms with Crippen molar-refractivity contribution in [3.63, 3.8) is 0 Å². The molecule has 0 radical (unpaired) electrons. The zero-order valence-corrected chi connectivity index (χ0v) is 10.2. The summed E-state index contributed by atoms with van der Waals surface area (Å²) in [6.07, 6.45) is 4.97. The van der Waals surface area contributed by atoms with Crippen molar-refractivity contribution < 1.29 is 0 Å². The van der Waals surface area contributed by atoms with Gasteiger partial charge >= 0.3 is 0 Å². The summed E-state index contributed by atoms with van der Waals surface area (Å²) in [7, 11) is 0. The normalized spacial score (nSPS) is 16.5. The van der Waals surface area contributed by atoms with Crippen molar-refractivity contribution in [1.29, 1.82) is 0 Å². The van der Waals surface area contributed by atoms with Crippen molar-refractivity contribution in [3.05, 3.63) is 29.4 Å². The summed E-state index contributed by atoms with van der Waals surface area (Å²) in [5.74, 6) is 0.720. The van der Waals surface area contributed by atoms with E-state index in [1.165, 1.54) is 25.7 Å². The van der Waals surface area contributed by atoms with Crippen LogP contribution in [0.15, 0.2) is 24.3 Å². The highest BCUT2D eigenvalue weighted by Gasteiger charge is 2.17. The summed E-state index contributed by atoms with van der Waals surface area (Å²) in [4.78, 5) is 8.89. The van der Waals surface area contributed by atoms with Gasteiger partial charge in [0.15, 0.2) is 11.0 Å². The molecule has 88 valence electrons. The van der Waals surface area contributed by atoms with Crippen molar-refractivity contribution in [3.8, 4) is 0 Å². The number of para-hydroxylation sites is 2. The van der Waals surface area contributed by atoms with Crippen molar-refractivity contribution in [1.82, 2.24) is 9.97 Å². The number of halogens is 1. The average molecular weight is 248 g/mol. The van der Waals surface area contributed by atoms with Crippen LogP contribution in [0.5, 0.6) is 0 Å². The number of aromatic nitrogens is 2. The minimum atomic E-state index is 0.468. The number of hydrogen-bond acceptors (Lipinski definition) is 3. The third-order valence-corrected chi connectivity index (χ3v) is 3.49. The lowest BCUT2D eigenvalue weighted by Gasteiger charge is -2.13. The Morgan fingerprint density at radius 1 is 1.06 bits per heavy atom. The van der Waals surface area contributed by atoms with Gasteiger partial charge in [0.25, 0.3) is 0 Å². The molecule has 0 amide bonds. The third-order valence-electron chi connectivity index (χ3n) is 3.22. The molecule has 2 aromatic rings. The van der Waals surface area contributed by atoms with Crippen molar-refractivity contribution in [2.24, 2.45) is 0 Å². The molecule has 1 heterocycles. The van der Waals surface area contributed by atoms with E-state index < -0.39 is 0 Å². The number of nitrogens with one attached hydrogen (secondary N) is 1. The van der Waals surface area contributed by atoms with Crippen LogP contribution in [0.25, 0.3) is 11.0 Å². The lowest BCUT2D eigenvalue weighted by molar-refractivity contribution is 0.750. The van der Waals surface area contributed by atoms with Gasteiger partial charge in [0.05, 0.1) is 11.0 Å². The van der Waals surface area contributed by atoms with Gasteiger partial charge in [0, 0.05) is 6.04 Å². The maximum absolute atomic E-state index is 6.15. The van der Waals surface area contributed by atoms with Crippen LogP contribution in [0.1, 0.15) is 25.7 Å². The number of hydrogen-bond donors (Lipinski definition) is 1. The van der Waals surface area contributed by atoms with Gasteiger partial charge < -0.3 is 5.32 Å². The van der Waals surface area contributed by atoms with Gasteiger partial charge in [-0.2, -0.15) is 0 Å². The fraction of sp³-hybridized carbons (Fsp3) is 0.385. The molecule has 17 heavy (non-hydrogen) atoms. The summed E-state index contributed by atoms with van der Waals surface area (Å²) in [5.41, 5.74) is 1.73. The van der Waals surface area contributed by atoms with E-state index in [1.54, 1.807) is 0 Å². The molecule has 1 aliphatic carbocycles. The molecule has 3 rings (SSSR count). The number of rotatable bonds is 2. The van der Waals surface area contributed by atoms with Crippen molar-refractivity contribution >= 4 is 28.5 Å². The molecule has 3 nitrogen and oxygen atoms in total. The van der Waals surface area contributed by atoms with Crippen LogP contribution in [-0.2, 0) is 0 Å². The summed E-state index contributed by atoms with van der Waals surface area (Å²) in [5, 5.41) is 3.86. The van der Waals surface area contributed by atoms with Gasteiger partial charge in [-0.05, 0) is 25.0 Å². The molecule has 0 spiro atoms. The average Bonchev–Trinajstić information content (AvgIpc) is 2.83. The summed E-state index contributed by atoms with van der Waals surface area (Å²) in [6, 6.07) is 8.29. The Hall–Kier alpha value is -1.35. The molecule has 1 aliphatic rings. The maximum atomic E-state index is 6.15. The van der Waals surface area contributed by atoms with Crippen LogP contribution in [0, 0.1) is 0 Å². The minimum absolute atomic E-state index is 0.468. The molecule has 1 saturated carbocycles. The van der Waals surface area contributed by atoms with Crippen LogP contribution in [0.2, 0.25) is 5.15 Å². The summed E-state index contributed by atoms with van der Waals surface area (Å²) >= 11 is 6.15. The van der Waals surface area contributed by atoms with Gasteiger partial charge in [-0.1, -0.05) is 36.6 Å². The first-order chi connectivity index (χ1) is 8.33. The molecule has 0 aliphatic heterocycles. The molecule has 0 unspecified atom stereocenters. The fourth-order valence-corrected chi connectivity index (χ4v) is 2.52. The van der Waals surface area contributed by atoms with E-state index in [0.717, 1.165) is 16.9 Å². The lowest BCUT2D eigenvalue weighted by Crippen LogP contribution is -2.16. The standard InChI is InChI=1S/C13H14ClN3/c14-12-13(15-9-5-1-2-6-9)17-11-8-4-3-7-10(11)16-12/h3-4,7-9H,1-2,5-6H2,(H,15,17). The fourth-order valence-electron chi connectivity index (χ4n) is 2.33. The van der Waals surface area contributed by atoms with Crippen LogP contribution in [0.3, 0.4) is 0 Å². The minimum Gasteiger partial charge on any atom is -0.365 e. The van der Waals surface area contributed by atoms with Gasteiger partial charge in [0.2, 0.25) is 0 Å². The third kappa shape index (κ3) is 2.20. The Morgan fingerprint density at radius 2 is 1.71 bits per heavy atom. The molecular weight excluding hydrogens is 234 g/mol. The molecule has 4 heteroatoms. The second kappa shape index (κ2) is 4.49. The van der Waals surface area contributed by atoms with E-state index in [-0.39, 0.29) is 0 Å². The highest BCUT2D eigenvalue weighted by Crippen LogP contribution is 2.26. The molecule has 0 saturated heterocycles. The summed E-state index contributed by atoms with van der Waals surface area (Å²) < 4.78 is 0. The van der Waals surface area contributed by atoms with Gasteiger partial charge in [0.1, 0.15) is 0 Å². The van der Waals surface area contributed by atoms with Gasteiger partial charge in [-0.15, -0.1) is 0 Å². The smallest absolute Gasteiger partial charge is 0.172 e. The molecule has 1 fully saturated rings. The van der Waals surface area contributed by atoms with E-state index in [2.05, 4.69) is 15.3 Å². The largest absolute Gasteiger partial charge is 0.365 e. The Balaban J connectivity index is 1.95. The van der Waals surface area contributed by atoms with E-state index >= 15 is 0 Å². The van der Waals surface area contributed by atoms with Gasteiger partial charge in [-0.3, -0.25) is 0 Å². The first-order valence-electron chi connectivity index (χ1n) is 6.02. The molecule has 0 bridgehead atoms. The number of anilines is 1. The predicted molar refractivity (Wildman–Crippen MR) is 70.4 cm³/mol. The van der Waals surface area contributed by atoms with Crippen LogP contribution in [-0.4, -0.2) is 16.0 Å². The first kappa shape index (κ1) is 10.8. The highest BCUT2D eigenvalue weighted by molar-refractivity contribution is 6.32. The Bertz CT molecular complexity index is 535. The number of nitrogens with zero attached hydrogens (tertiary/aromatic N) is 2. The molecular formula is C13H14ClN3. The van der Waals surface area contributed by atoms with Crippen molar-refractivity contribution in [2.45, 2.75) is 31.7 Å². The maximum Gasteiger partial charge on any atom is 0.172 e. The van der Waals surface area contributed by atoms with E-state index in [9.17, 15) is 0 Å². The van der Waals surface area contributed by atoms with Crippen LogP contribution in [0.4, 0.5) is 5.82 Å². The Labute approximate surface area is 105 Å². The highest BCUT2D eigenvalue weighted by atomic mass is 35.5. The van der Waals surface area contributed by atoms with Gasteiger partial charge in [-0.25, -0.2) is 9.97 Å². The topological polar surface area (TPSA) is 37.8 Å². The van der Waals surface area contributed by atoms with Crippen molar-refractivity contribution in [2.75, 3.05) is 5.32 Å².